The summed E-state index contributed by atoms with van der Waals surface area (Å²) >= 11 is 11.8. The Morgan fingerprint density at radius 3 is 2.50 bits per heavy atom. The van der Waals surface area contributed by atoms with Gasteiger partial charge in [0.2, 0.25) is 5.88 Å². The van der Waals surface area contributed by atoms with E-state index in [0.717, 1.165) is 0 Å². The molecule has 0 aliphatic rings. The SMILES string of the molecule is COc1ccccc1Oc1ccc(NC(=O)COc2ccc(Cl)cc2Cl)cn1. The minimum atomic E-state index is -0.355. The Morgan fingerprint density at radius 1 is 1.04 bits per heavy atom. The van der Waals surface area contributed by atoms with Crippen LogP contribution in [0.5, 0.6) is 23.1 Å². The van der Waals surface area contributed by atoms with Crippen molar-refractivity contribution in [3.8, 4) is 23.1 Å². The molecule has 3 rings (SSSR count). The zero-order valence-electron chi connectivity index (χ0n) is 14.8. The van der Waals surface area contributed by atoms with Gasteiger partial charge in [-0.2, -0.15) is 0 Å². The van der Waals surface area contributed by atoms with Crippen LogP contribution in [0.3, 0.4) is 0 Å². The standard InChI is InChI=1S/C20H16Cl2N2O4/c1-26-17-4-2-3-5-18(17)28-20-9-7-14(11-23-20)24-19(25)12-27-16-8-6-13(21)10-15(16)22/h2-11H,12H2,1H3,(H,24,25). The minimum Gasteiger partial charge on any atom is -0.493 e. The summed E-state index contributed by atoms with van der Waals surface area (Å²) in [4.78, 5) is 16.2. The van der Waals surface area contributed by atoms with Crippen LogP contribution < -0.4 is 19.5 Å². The van der Waals surface area contributed by atoms with Crippen LogP contribution in [0.25, 0.3) is 0 Å². The summed E-state index contributed by atoms with van der Waals surface area (Å²) in [6, 6.07) is 15.3. The molecule has 2 aromatic carbocycles. The molecule has 1 amide bonds. The Labute approximate surface area is 172 Å². The topological polar surface area (TPSA) is 69.7 Å². The Hall–Kier alpha value is -2.96. The van der Waals surface area contributed by atoms with Crippen molar-refractivity contribution in [1.29, 1.82) is 0 Å². The number of pyridine rings is 1. The molecule has 8 heteroatoms. The third-order valence-electron chi connectivity index (χ3n) is 3.56. The molecule has 3 aromatic rings. The number of hydrogen-bond acceptors (Lipinski definition) is 5. The Bertz CT molecular complexity index is 965. The molecule has 0 aliphatic carbocycles. The fourth-order valence-electron chi connectivity index (χ4n) is 2.26. The molecule has 28 heavy (non-hydrogen) atoms. The maximum atomic E-state index is 12.0. The molecule has 0 aliphatic heterocycles. The number of benzene rings is 2. The number of methoxy groups -OCH3 is 1. The van der Waals surface area contributed by atoms with Crippen LogP contribution in [0, 0.1) is 0 Å². The maximum Gasteiger partial charge on any atom is 0.262 e. The van der Waals surface area contributed by atoms with Crippen molar-refractivity contribution < 1.29 is 19.0 Å². The summed E-state index contributed by atoms with van der Waals surface area (Å²) < 4.78 is 16.3. The van der Waals surface area contributed by atoms with Crippen molar-refractivity contribution in [2.75, 3.05) is 19.0 Å². The summed E-state index contributed by atoms with van der Waals surface area (Å²) in [6.07, 6.45) is 1.48. The molecule has 0 saturated heterocycles. The lowest BCUT2D eigenvalue weighted by atomic mass is 10.3. The molecular weight excluding hydrogens is 403 g/mol. The molecule has 0 saturated carbocycles. The van der Waals surface area contributed by atoms with E-state index in [1.165, 1.54) is 6.20 Å². The van der Waals surface area contributed by atoms with Gasteiger partial charge in [0.25, 0.3) is 5.91 Å². The van der Waals surface area contributed by atoms with Crippen LogP contribution >= 0.6 is 23.2 Å². The van der Waals surface area contributed by atoms with Gasteiger partial charge in [-0.05, 0) is 36.4 Å². The Morgan fingerprint density at radius 2 is 1.82 bits per heavy atom. The number of nitrogens with one attached hydrogen (secondary N) is 1. The van der Waals surface area contributed by atoms with E-state index in [-0.39, 0.29) is 12.5 Å². The third kappa shape index (κ3) is 5.28. The highest BCUT2D eigenvalue weighted by atomic mass is 35.5. The molecule has 144 valence electrons. The van der Waals surface area contributed by atoms with Gasteiger partial charge in [0.05, 0.1) is 24.0 Å². The summed E-state index contributed by atoms with van der Waals surface area (Å²) in [5, 5.41) is 3.50. The predicted octanol–water partition coefficient (Wildman–Crippen LogP) is 5.21. The highest BCUT2D eigenvalue weighted by Gasteiger charge is 2.09. The summed E-state index contributed by atoms with van der Waals surface area (Å²) in [6.45, 7) is -0.208. The lowest BCUT2D eigenvalue weighted by Crippen LogP contribution is -2.20. The number of aromatic nitrogens is 1. The third-order valence-corrected chi connectivity index (χ3v) is 4.09. The second-order valence-electron chi connectivity index (χ2n) is 5.55. The number of rotatable bonds is 7. The van der Waals surface area contributed by atoms with Crippen molar-refractivity contribution in [2.45, 2.75) is 0 Å². The van der Waals surface area contributed by atoms with Crippen LogP contribution in [0.1, 0.15) is 0 Å². The van der Waals surface area contributed by atoms with Crippen molar-refractivity contribution in [3.05, 3.63) is 70.8 Å². The van der Waals surface area contributed by atoms with Gasteiger partial charge in [0.1, 0.15) is 5.75 Å². The summed E-state index contributed by atoms with van der Waals surface area (Å²) in [7, 11) is 1.56. The number of nitrogens with zero attached hydrogens (tertiary/aromatic N) is 1. The fraction of sp³-hybridized carbons (Fsp3) is 0.100. The maximum absolute atomic E-state index is 12.0. The van der Waals surface area contributed by atoms with E-state index in [9.17, 15) is 4.79 Å². The van der Waals surface area contributed by atoms with Gasteiger partial charge in [-0.25, -0.2) is 4.98 Å². The molecule has 0 radical (unpaired) electrons. The first-order valence-electron chi connectivity index (χ1n) is 8.20. The Balaban J connectivity index is 1.55. The average Bonchev–Trinajstić information content (AvgIpc) is 2.69. The number of para-hydroxylation sites is 2. The smallest absolute Gasteiger partial charge is 0.262 e. The Kier molecular flexibility index (Phi) is 6.57. The van der Waals surface area contributed by atoms with Crippen molar-refractivity contribution in [3.63, 3.8) is 0 Å². The van der Waals surface area contributed by atoms with E-state index >= 15 is 0 Å². The number of ether oxygens (including phenoxy) is 3. The molecule has 1 heterocycles. The van der Waals surface area contributed by atoms with Crippen LogP contribution in [-0.4, -0.2) is 24.6 Å². The normalized spacial score (nSPS) is 10.2. The number of halogens is 2. The van der Waals surface area contributed by atoms with Gasteiger partial charge in [-0.1, -0.05) is 35.3 Å². The lowest BCUT2D eigenvalue weighted by molar-refractivity contribution is -0.118. The van der Waals surface area contributed by atoms with E-state index in [2.05, 4.69) is 10.3 Å². The average molecular weight is 419 g/mol. The van der Waals surface area contributed by atoms with Crippen LogP contribution in [-0.2, 0) is 4.79 Å². The van der Waals surface area contributed by atoms with E-state index in [1.54, 1.807) is 49.6 Å². The highest BCUT2D eigenvalue weighted by molar-refractivity contribution is 6.35. The first kappa shape index (κ1) is 19.8. The largest absolute Gasteiger partial charge is 0.493 e. The summed E-state index contributed by atoms with van der Waals surface area (Å²) in [5.41, 5.74) is 0.503. The lowest BCUT2D eigenvalue weighted by Gasteiger charge is -2.10. The van der Waals surface area contributed by atoms with Crippen molar-refractivity contribution in [2.24, 2.45) is 0 Å². The zero-order valence-corrected chi connectivity index (χ0v) is 16.3. The number of carbonyl (C=O) groups is 1. The van der Waals surface area contributed by atoms with Crippen molar-refractivity contribution in [1.82, 2.24) is 4.98 Å². The molecule has 0 atom stereocenters. The van der Waals surface area contributed by atoms with Crippen LogP contribution in [0.2, 0.25) is 10.0 Å². The van der Waals surface area contributed by atoms with E-state index in [1.807, 2.05) is 12.1 Å². The second-order valence-corrected chi connectivity index (χ2v) is 6.39. The van der Waals surface area contributed by atoms with E-state index in [0.29, 0.717) is 38.9 Å². The fourth-order valence-corrected chi connectivity index (χ4v) is 2.73. The van der Waals surface area contributed by atoms with Gasteiger partial charge in [0, 0.05) is 11.1 Å². The molecular formula is C20H16Cl2N2O4. The molecule has 0 unspecified atom stereocenters. The second kappa shape index (κ2) is 9.30. The van der Waals surface area contributed by atoms with Gasteiger partial charge in [0.15, 0.2) is 18.1 Å². The van der Waals surface area contributed by atoms with E-state index < -0.39 is 0 Å². The monoisotopic (exact) mass is 418 g/mol. The molecule has 0 spiro atoms. The number of hydrogen-bond donors (Lipinski definition) is 1. The van der Waals surface area contributed by atoms with Crippen molar-refractivity contribution >= 4 is 34.8 Å². The van der Waals surface area contributed by atoms with Crippen LogP contribution in [0.15, 0.2) is 60.8 Å². The number of amides is 1. The highest BCUT2D eigenvalue weighted by Crippen LogP contribution is 2.30. The zero-order chi connectivity index (χ0) is 19.9. The van der Waals surface area contributed by atoms with Crippen LogP contribution in [0.4, 0.5) is 5.69 Å². The van der Waals surface area contributed by atoms with Gasteiger partial charge >= 0.3 is 0 Å². The van der Waals surface area contributed by atoms with Gasteiger partial charge in [-0.3, -0.25) is 4.79 Å². The predicted molar refractivity (Wildman–Crippen MR) is 108 cm³/mol. The molecule has 6 nitrogen and oxygen atoms in total. The quantitative estimate of drug-likeness (QED) is 0.570. The molecule has 1 aromatic heterocycles. The summed E-state index contributed by atoms with van der Waals surface area (Å²) in [5.74, 6) is 1.53. The van der Waals surface area contributed by atoms with Gasteiger partial charge < -0.3 is 19.5 Å². The first-order chi connectivity index (χ1) is 13.5. The molecule has 0 fully saturated rings. The molecule has 1 N–H and O–H groups in total. The molecule has 0 bridgehead atoms. The van der Waals surface area contributed by atoms with E-state index in [4.69, 9.17) is 37.4 Å². The number of carbonyl (C=O) groups excluding carboxylic acids is 1. The minimum absolute atomic E-state index is 0.208. The first-order valence-corrected chi connectivity index (χ1v) is 8.95. The van der Waals surface area contributed by atoms with Gasteiger partial charge in [-0.15, -0.1) is 0 Å². The number of anilines is 1.